The molecule has 4 rings (SSSR count). The second-order valence-corrected chi connectivity index (χ2v) is 5.38. The molecular weight excluding hydrogens is 250 g/mol. The number of aromatic amines is 1. The van der Waals surface area contributed by atoms with E-state index in [4.69, 9.17) is 16.6 Å². The predicted molar refractivity (Wildman–Crippen MR) is 74.3 cm³/mol. The van der Waals surface area contributed by atoms with Crippen LogP contribution in [0.2, 0.25) is 0 Å². The molecule has 0 unspecified atom stereocenters. The normalized spacial score (nSPS) is 11.8. The van der Waals surface area contributed by atoms with Gasteiger partial charge in [0.15, 0.2) is 5.58 Å². The van der Waals surface area contributed by atoms with E-state index in [0.29, 0.717) is 4.84 Å². The SMILES string of the molecule is S=c1[nH]c2ccc3sc4ccccc4c3c2o1. The number of hydrogen-bond donors (Lipinski definition) is 1. The largest absolute Gasteiger partial charge is 0.429 e. The fraction of sp³-hybridized carbons (Fsp3) is 0. The molecule has 0 fully saturated rings. The van der Waals surface area contributed by atoms with E-state index in [-0.39, 0.29) is 0 Å². The number of rotatable bonds is 0. The van der Waals surface area contributed by atoms with Gasteiger partial charge in [-0.1, -0.05) is 18.2 Å². The number of aromatic nitrogens is 1. The van der Waals surface area contributed by atoms with Crippen molar-refractivity contribution in [2.24, 2.45) is 0 Å². The highest BCUT2D eigenvalue weighted by Gasteiger charge is 2.10. The number of hydrogen-bond acceptors (Lipinski definition) is 3. The van der Waals surface area contributed by atoms with E-state index in [2.05, 4.69) is 35.3 Å². The molecule has 0 amide bonds. The van der Waals surface area contributed by atoms with E-state index < -0.39 is 0 Å². The Kier molecular flexibility index (Phi) is 1.76. The first-order valence-electron chi connectivity index (χ1n) is 5.26. The Morgan fingerprint density at radius 3 is 2.88 bits per heavy atom. The molecule has 2 nitrogen and oxygen atoms in total. The van der Waals surface area contributed by atoms with Crippen LogP contribution in [0.4, 0.5) is 0 Å². The standard InChI is InChI=1S/C13H7NOS2/c16-13-14-8-5-6-10-11(12(8)15-13)7-3-1-2-4-9(7)17-10/h1-6H,(H,14,16). The fourth-order valence-corrected chi connectivity index (χ4v) is 3.52. The number of thiophene rings is 1. The van der Waals surface area contributed by atoms with Gasteiger partial charge in [-0.25, -0.2) is 0 Å². The highest BCUT2D eigenvalue weighted by molar-refractivity contribution is 7.71. The van der Waals surface area contributed by atoms with Crippen molar-refractivity contribution in [3.05, 3.63) is 41.2 Å². The Labute approximate surface area is 105 Å². The monoisotopic (exact) mass is 257 g/mol. The van der Waals surface area contributed by atoms with E-state index >= 15 is 0 Å². The minimum absolute atomic E-state index is 0.433. The van der Waals surface area contributed by atoms with Crippen LogP contribution in [-0.4, -0.2) is 4.98 Å². The molecule has 0 aliphatic rings. The van der Waals surface area contributed by atoms with Gasteiger partial charge in [0.2, 0.25) is 0 Å². The lowest BCUT2D eigenvalue weighted by Crippen LogP contribution is -1.69. The zero-order valence-electron chi connectivity index (χ0n) is 8.69. The predicted octanol–water partition coefficient (Wildman–Crippen LogP) is 4.86. The van der Waals surface area contributed by atoms with Crippen molar-refractivity contribution in [1.29, 1.82) is 0 Å². The van der Waals surface area contributed by atoms with Crippen LogP contribution in [0, 0.1) is 4.84 Å². The molecule has 0 atom stereocenters. The van der Waals surface area contributed by atoms with Crippen LogP contribution in [0.5, 0.6) is 0 Å². The third-order valence-electron chi connectivity index (χ3n) is 2.93. The van der Waals surface area contributed by atoms with Gasteiger partial charge < -0.3 is 9.40 Å². The van der Waals surface area contributed by atoms with Gasteiger partial charge in [-0.2, -0.15) is 0 Å². The molecule has 0 saturated heterocycles. The lowest BCUT2D eigenvalue weighted by Gasteiger charge is -1.91. The first-order valence-corrected chi connectivity index (χ1v) is 6.48. The molecule has 2 aromatic heterocycles. The molecule has 0 spiro atoms. The Bertz CT molecular complexity index is 913. The van der Waals surface area contributed by atoms with Gasteiger partial charge >= 0.3 is 0 Å². The molecule has 0 bridgehead atoms. The van der Waals surface area contributed by atoms with Gasteiger partial charge in [0.1, 0.15) is 0 Å². The first kappa shape index (κ1) is 9.39. The molecule has 17 heavy (non-hydrogen) atoms. The Balaban J connectivity index is 2.42. The summed E-state index contributed by atoms with van der Waals surface area (Å²) in [4.78, 5) is 3.49. The lowest BCUT2D eigenvalue weighted by atomic mass is 10.1. The fourth-order valence-electron chi connectivity index (χ4n) is 2.22. The zero-order valence-corrected chi connectivity index (χ0v) is 10.3. The molecule has 4 aromatic rings. The maximum atomic E-state index is 5.61. The van der Waals surface area contributed by atoms with E-state index in [9.17, 15) is 0 Å². The first-order chi connectivity index (χ1) is 8.33. The van der Waals surface area contributed by atoms with Crippen LogP contribution >= 0.6 is 23.6 Å². The molecule has 4 heteroatoms. The molecule has 0 aliphatic heterocycles. The lowest BCUT2D eigenvalue weighted by molar-refractivity contribution is 0.586. The summed E-state index contributed by atoms with van der Waals surface area (Å²) in [7, 11) is 0. The van der Waals surface area contributed by atoms with Gasteiger partial charge in [-0.3, -0.25) is 0 Å². The van der Waals surface area contributed by atoms with E-state index in [1.54, 1.807) is 11.3 Å². The van der Waals surface area contributed by atoms with Crippen LogP contribution in [-0.2, 0) is 0 Å². The second-order valence-electron chi connectivity index (χ2n) is 3.93. The highest BCUT2D eigenvalue weighted by Crippen LogP contribution is 2.37. The van der Waals surface area contributed by atoms with Crippen molar-refractivity contribution in [3.63, 3.8) is 0 Å². The summed E-state index contributed by atoms with van der Waals surface area (Å²) < 4.78 is 8.12. The molecule has 82 valence electrons. The van der Waals surface area contributed by atoms with Gasteiger partial charge in [-0.15, -0.1) is 11.3 Å². The maximum Gasteiger partial charge on any atom is 0.266 e. The Morgan fingerprint density at radius 2 is 1.94 bits per heavy atom. The average Bonchev–Trinajstić information content (AvgIpc) is 2.87. The summed E-state index contributed by atoms with van der Waals surface area (Å²) in [5, 5.41) is 2.39. The summed E-state index contributed by atoms with van der Waals surface area (Å²) in [6.45, 7) is 0. The summed E-state index contributed by atoms with van der Waals surface area (Å²) in [6, 6.07) is 12.5. The van der Waals surface area contributed by atoms with Crippen LogP contribution in [0.1, 0.15) is 0 Å². The van der Waals surface area contributed by atoms with Crippen LogP contribution in [0.15, 0.2) is 40.8 Å². The molecule has 0 aliphatic carbocycles. The highest BCUT2D eigenvalue weighted by atomic mass is 32.1. The van der Waals surface area contributed by atoms with Crippen molar-refractivity contribution >= 4 is 54.8 Å². The number of nitrogens with one attached hydrogen (secondary N) is 1. The molecule has 2 heterocycles. The van der Waals surface area contributed by atoms with Crippen molar-refractivity contribution in [3.8, 4) is 0 Å². The summed E-state index contributed by atoms with van der Waals surface area (Å²) in [5.41, 5.74) is 1.83. The van der Waals surface area contributed by atoms with Crippen LogP contribution in [0.25, 0.3) is 31.3 Å². The smallest absolute Gasteiger partial charge is 0.266 e. The molecule has 0 saturated carbocycles. The quantitative estimate of drug-likeness (QED) is 0.456. The summed E-state index contributed by atoms with van der Waals surface area (Å²) in [6.07, 6.45) is 0. The van der Waals surface area contributed by atoms with E-state index in [1.165, 1.54) is 14.8 Å². The number of H-pyrrole nitrogens is 1. The summed E-state index contributed by atoms with van der Waals surface area (Å²) in [5.74, 6) is 0. The van der Waals surface area contributed by atoms with Crippen molar-refractivity contribution < 1.29 is 4.42 Å². The van der Waals surface area contributed by atoms with Crippen LogP contribution < -0.4 is 0 Å². The third kappa shape index (κ3) is 1.22. The molecule has 0 radical (unpaired) electrons. The van der Waals surface area contributed by atoms with Gasteiger partial charge in [0, 0.05) is 20.2 Å². The summed E-state index contributed by atoms with van der Waals surface area (Å²) >= 11 is 6.83. The van der Waals surface area contributed by atoms with E-state index in [1.807, 2.05) is 6.07 Å². The van der Waals surface area contributed by atoms with Gasteiger partial charge in [0.05, 0.1) is 5.52 Å². The maximum absolute atomic E-state index is 5.61. The van der Waals surface area contributed by atoms with Crippen molar-refractivity contribution in [2.45, 2.75) is 0 Å². The van der Waals surface area contributed by atoms with Crippen LogP contribution in [0.3, 0.4) is 0 Å². The van der Waals surface area contributed by atoms with Crippen molar-refractivity contribution in [2.75, 3.05) is 0 Å². The molecule has 1 N–H and O–H groups in total. The number of benzene rings is 2. The topological polar surface area (TPSA) is 28.9 Å². The number of oxazole rings is 1. The molecular formula is C13H7NOS2. The van der Waals surface area contributed by atoms with Crippen molar-refractivity contribution in [1.82, 2.24) is 4.98 Å². The Hall–Kier alpha value is -1.65. The van der Waals surface area contributed by atoms with Gasteiger partial charge in [0.25, 0.3) is 4.84 Å². The second kappa shape index (κ2) is 3.18. The number of fused-ring (bicyclic) bond motifs is 5. The minimum atomic E-state index is 0.433. The minimum Gasteiger partial charge on any atom is -0.429 e. The van der Waals surface area contributed by atoms with E-state index in [0.717, 1.165) is 16.5 Å². The molecule has 2 aromatic carbocycles. The average molecular weight is 257 g/mol. The Morgan fingerprint density at radius 1 is 1.06 bits per heavy atom. The van der Waals surface area contributed by atoms with Gasteiger partial charge in [-0.05, 0) is 30.4 Å². The zero-order chi connectivity index (χ0) is 11.4. The third-order valence-corrected chi connectivity index (χ3v) is 4.25.